The summed E-state index contributed by atoms with van der Waals surface area (Å²) in [5.74, 6) is 2.77. The second-order valence-electron chi connectivity index (χ2n) is 4.73. The quantitative estimate of drug-likeness (QED) is 0.629. The molecule has 0 saturated heterocycles. The van der Waals surface area contributed by atoms with Crippen LogP contribution in [0.5, 0.6) is 0 Å². The van der Waals surface area contributed by atoms with Gasteiger partial charge in [0.15, 0.2) is 0 Å². The van der Waals surface area contributed by atoms with Gasteiger partial charge in [-0.2, -0.15) is 0 Å². The van der Waals surface area contributed by atoms with Crippen molar-refractivity contribution in [3.63, 3.8) is 0 Å². The van der Waals surface area contributed by atoms with E-state index in [1.165, 1.54) is 6.42 Å². The van der Waals surface area contributed by atoms with Gasteiger partial charge in [-0.05, 0) is 31.1 Å². The molecule has 4 aliphatic rings. The minimum absolute atomic E-state index is 0.344. The van der Waals surface area contributed by atoms with E-state index in [2.05, 4.69) is 31.9 Å². The Balaban J connectivity index is 1.99. The Morgan fingerprint density at radius 1 is 0.923 bits per heavy atom. The highest BCUT2D eigenvalue weighted by molar-refractivity contribution is 9.09. The molecule has 4 fully saturated rings. The molecule has 0 spiro atoms. The number of halogens is 2. The molecule has 0 amide bonds. The fourth-order valence-electron chi connectivity index (χ4n) is 3.49. The van der Waals surface area contributed by atoms with Crippen LogP contribution in [0, 0.1) is 23.7 Å². The lowest BCUT2D eigenvalue weighted by molar-refractivity contribution is -0.138. The van der Waals surface area contributed by atoms with E-state index in [0.29, 0.717) is 27.3 Å². The molecule has 13 heavy (non-hydrogen) atoms. The second kappa shape index (κ2) is 2.82. The Labute approximate surface area is 94.9 Å². The average molecular weight is 308 g/mol. The zero-order valence-electron chi connectivity index (χ0n) is 7.25. The number of carbonyl (C=O) groups excluding carboxylic acids is 1. The van der Waals surface area contributed by atoms with Crippen molar-refractivity contribution in [2.24, 2.45) is 23.7 Å². The maximum absolute atomic E-state index is 11.9. The number of hydrogen-bond donors (Lipinski definition) is 0. The van der Waals surface area contributed by atoms with Gasteiger partial charge < -0.3 is 0 Å². The molecule has 0 aliphatic heterocycles. The van der Waals surface area contributed by atoms with Crippen LogP contribution in [-0.4, -0.2) is 15.4 Å². The predicted octanol–water partition coefficient (Wildman–Crippen LogP) is 2.76. The van der Waals surface area contributed by atoms with E-state index in [0.717, 1.165) is 24.7 Å². The molecule has 0 aromatic rings. The Kier molecular flexibility index (Phi) is 1.93. The van der Waals surface area contributed by atoms with Gasteiger partial charge >= 0.3 is 0 Å². The molecule has 4 unspecified atom stereocenters. The van der Waals surface area contributed by atoms with Crippen LogP contribution in [0.1, 0.15) is 19.3 Å². The Bertz CT molecular complexity index is 242. The highest BCUT2D eigenvalue weighted by Crippen LogP contribution is 2.56. The van der Waals surface area contributed by atoms with Crippen LogP contribution >= 0.6 is 31.9 Å². The molecule has 4 bridgehead atoms. The van der Waals surface area contributed by atoms with Gasteiger partial charge in [-0.25, -0.2) is 0 Å². The first-order valence-electron chi connectivity index (χ1n) is 5.00. The van der Waals surface area contributed by atoms with Gasteiger partial charge in [-0.15, -0.1) is 0 Å². The third-order valence-corrected chi connectivity index (χ3v) is 6.89. The number of carbonyl (C=O) groups is 1. The minimum atomic E-state index is 0.344. The van der Waals surface area contributed by atoms with Crippen molar-refractivity contribution in [1.82, 2.24) is 0 Å². The summed E-state index contributed by atoms with van der Waals surface area (Å²) in [5, 5.41) is 0. The number of rotatable bonds is 0. The first-order valence-corrected chi connectivity index (χ1v) is 6.83. The average Bonchev–Trinajstić information content (AvgIpc) is 2.10. The first-order chi connectivity index (χ1) is 6.18. The molecule has 0 radical (unpaired) electrons. The van der Waals surface area contributed by atoms with E-state index in [4.69, 9.17) is 0 Å². The second-order valence-corrected chi connectivity index (χ2v) is 6.85. The summed E-state index contributed by atoms with van der Waals surface area (Å²) in [5.41, 5.74) is 0. The van der Waals surface area contributed by atoms with Crippen molar-refractivity contribution in [1.29, 1.82) is 0 Å². The van der Waals surface area contributed by atoms with E-state index in [-0.39, 0.29) is 0 Å². The number of hydrogen-bond acceptors (Lipinski definition) is 1. The van der Waals surface area contributed by atoms with Crippen LogP contribution in [-0.2, 0) is 4.79 Å². The van der Waals surface area contributed by atoms with E-state index >= 15 is 0 Å². The normalized spacial score (nSPS) is 58.8. The zero-order chi connectivity index (χ0) is 9.16. The topological polar surface area (TPSA) is 17.1 Å². The highest BCUT2D eigenvalue weighted by Gasteiger charge is 2.56. The van der Waals surface area contributed by atoms with Crippen LogP contribution in [0.4, 0.5) is 0 Å². The van der Waals surface area contributed by atoms with Crippen molar-refractivity contribution in [2.45, 2.75) is 28.9 Å². The van der Waals surface area contributed by atoms with Crippen molar-refractivity contribution in [3.05, 3.63) is 0 Å². The maximum Gasteiger partial charge on any atom is 0.141 e. The monoisotopic (exact) mass is 306 g/mol. The maximum atomic E-state index is 11.9. The van der Waals surface area contributed by atoms with Gasteiger partial charge in [0.1, 0.15) is 5.78 Å². The Morgan fingerprint density at radius 3 is 1.85 bits per heavy atom. The molecule has 1 nitrogen and oxygen atoms in total. The Hall–Kier alpha value is 0.630. The van der Waals surface area contributed by atoms with Crippen LogP contribution < -0.4 is 0 Å². The summed E-state index contributed by atoms with van der Waals surface area (Å²) in [6.45, 7) is 0. The molecule has 3 heteroatoms. The molecular formula is C10H12Br2O. The number of alkyl halides is 2. The molecule has 72 valence electrons. The lowest BCUT2D eigenvalue weighted by Crippen LogP contribution is -2.56. The summed E-state index contributed by atoms with van der Waals surface area (Å²) in [6, 6.07) is 0. The lowest BCUT2D eigenvalue weighted by atomic mass is 9.55. The van der Waals surface area contributed by atoms with E-state index in [9.17, 15) is 4.79 Å². The van der Waals surface area contributed by atoms with Crippen LogP contribution in [0.15, 0.2) is 0 Å². The first kappa shape index (κ1) is 8.90. The zero-order valence-corrected chi connectivity index (χ0v) is 10.4. The standard InChI is InChI=1S/C10H12Br2O/c11-8-4-1-5-3-7(8)10(13)6(2-4)9(5)12/h4-9H,1-3H2/t4?,5?,6?,7?,8-,9+. The third-order valence-electron chi connectivity index (χ3n) is 4.12. The smallest absolute Gasteiger partial charge is 0.141 e. The third kappa shape index (κ3) is 1.06. The molecular weight excluding hydrogens is 296 g/mol. The van der Waals surface area contributed by atoms with Crippen molar-refractivity contribution in [2.75, 3.05) is 0 Å². The summed E-state index contributed by atoms with van der Waals surface area (Å²) >= 11 is 7.41. The summed E-state index contributed by atoms with van der Waals surface area (Å²) < 4.78 is 0. The number of ketones is 1. The fourth-order valence-corrected chi connectivity index (χ4v) is 5.31. The molecule has 4 aliphatic carbocycles. The van der Waals surface area contributed by atoms with E-state index in [1.807, 2.05) is 0 Å². The van der Waals surface area contributed by atoms with Gasteiger partial charge in [-0.3, -0.25) is 4.79 Å². The molecule has 0 aromatic heterocycles. The summed E-state index contributed by atoms with van der Waals surface area (Å²) in [4.78, 5) is 12.9. The van der Waals surface area contributed by atoms with Crippen LogP contribution in [0.2, 0.25) is 0 Å². The van der Waals surface area contributed by atoms with Gasteiger partial charge in [0, 0.05) is 21.5 Å². The predicted molar refractivity (Wildman–Crippen MR) is 58.2 cm³/mol. The SMILES string of the molecule is O=C1C2CC3CC(CC1[C@H]3Br)[C@H]2Br. The molecule has 4 rings (SSSR count). The number of Topliss-reactive ketones (excluding diaryl/α,β-unsaturated/α-hetero) is 1. The lowest BCUT2D eigenvalue weighted by Gasteiger charge is -2.53. The van der Waals surface area contributed by atoms with Gasteiger partial charge in [-0.1, -0.05) is 31.9 Å². The highest BCUT2D eigenvalue weighted by atomic mass is 79.9. The fraction of sp³-hybridized carbons (Fsp3) is 0.900. The molecule has 6 atom stereocenters. The van der Waals surface area contributed by atoms with Gasteiger partial charge in [0.05, 0.1) is 0 Å². The molecule has 0 N–H and O–H groups in total. The van der Waals surface area contributed by atoms with Crippen molar-refractivity contribution in [3.8, 4) is 0 Å². The summed E-state index contributed by atoms with van der Waals surface area (Å²) in [6.07, 6.45) is 3.57. The van der Waals surface area contributed by atoms with E-state index < -0.39 is 0 Å². The van der Waals surface area contributed by atoms with Crippen LogP contribution in [0.3, 0.4) is 0 Å². The van der Waals surface area contributed by atoms with Crippen molar-refractivity contribution < 1.29 is 4.79 Å². The van der Waals surface area contributed by atoms with E-state index in [1.54, 1.807) is 0 Å². The molecule has 0 aromatic carbocycles. The van der Waals surface area contributed by atoms with Gasteiger partial charge in [0.25, 0.3) is 0 Å². The van der Waals surface area contributed by atoms with Crippen LogP contribution in [0.25, 0.3) is 0 Å². The molecule has 0 heterocycles. The van der Waals surface area contributed by atoms with Gasteiger partial charge in [0.2, 0.25) is 0 Å². The largest absolute Gasteiger partial charge is 0.299 e. The molecule has 4 saturated carbocycles. The minimum Gasteiger partial charge on any atom is -0.299 e. The van der Waals surface area contributed by atoms with Crippen molar-refractivity contribution >= 4 is 37.6 Å². The summed E-state index contributed by atoms with van der Waals surface area (Å²) in [7, 11) is 0. The Morgan fingerprint density at radius 2 is 1.38 bits per heavy atom.